The van der Waals surface area contributed by atoms with Gasteiger partial charge in [0.2, 0.25) is 0 Å². The second-order valence-electron chi connectivity index (χ2n) is 8.46. The number of nitrogens with one attached hydrogen (secondary N) is 2. The first kappa shape index (κ1) is 16.6. The molecule has 1 aliphatic heterocycles. The van der Waals surface area contributed by atoms with Crippen molar-refractivity contribution in [3.05, 3.63) is 35.9 Å². The molecule has 2 saturated carbocycles. The van der Waals surface area contributed by atoms with Crippen molar-refractivity contribution in [2.45, 2.75) is 69.6 Å². The third-order valence-corrected chi connectivity index (χ3v) is 6.91. The van der Waals surface area contributed by atoms with Crippen LogP contribution in [0.3, 0.4) is 0 Å². The summed E-state index contributed by atoms with van der Waals surface area (Å²) in [6, 6.07) is 11.9. The third kappa shape index (κ3) is 3.54. The first-order valence-corrected chi connectivity index (χ1v) is 9.94. The molecule has 2 aliphatic carbocycles. The second kappa shape index (κ2) is 7.15. The Kier molecular flexibility index (Phi) is 4.93. The fourth-order valence-electron chi connectivity index (χ4n) is 5.17. The normalized spacial score (nSPS) is 31.5. The molecule has 24 heavy (non-hydrogen) atoms. The van der Waals surface area contributed by atoms with Crippen LogP contribution in [0, 0.1) is 11.3 Å². The minimum atomic E-state index is -0.0765. The Morgan fingerprint density at radius 3 is 2.29 bits per heavy atom. The van der Waals surface area contributed by atoms with Crippen molar-refractivity contribution in [3.63, 3.8) is 0 Å². The SMILES string of the molecule is OC1CC([C@H](NC2CCC3(CCNCC3)CC2)c2ccccc2)C1. The van der Waals surface area contributed by atoms with E-state index in [0.29, 0.717) is 23.4 Å². The maximum absolute atomic E-state index is 9.75. The molecule has 1 aromatic rings. The summed E-state index contributed by atoms with van der Waals surface area (Å²) in [6.45, 7) is 2.43. The molecular formula is C21H32N2O. The maximum Gasteiger partial charge on any atom is 0.0547 e. The number of benzene rings is 1. The molecule has 0 unspecified atom stereocenters. The van der Waals surface area contributed by atoms with Crippen molar-refractivity contribution in [2.75, 3.05) is 13.1 Å². The molecule has 1 spiro atoms. The molecule has 0 amide bonds. The quantitative estimate of drug-likeness (QED) is 0.794. The van der Waals surface area contributed by atoms with Crippen molar-refractivity contribution in [1.82, 2.24) is 10.6 Å². The zero-order valence-electron chi connectivity index (χ0n) is 14.7. The molecule has 3 fully saturated rings. The van der Waals surface area contributed by atoms with Gasteiger partial charge in [0.25, 0.3) is 0 Å². The van der Waals surface area contributed by atoms with Crippen molar-refractivity contribution < 1.29 is 5.11 Å². The van der Waals surface area contributed by atoms with E-state index in [0.717, 1.165) is 12.8 Å². The molecule has 3 N–H and O–H groups in total. The second-order valence-corrected chi connectivity index (χ2v) is 8.46. The number of aliphatic hydroxyl groups is 1. The van der Waals surface area contributed by atoms with Gasteiger partial charge in [-0.1, -0.05) is 30.3 Å². The highest BCUT2D eigenvalue weighted by Gasteiger charge is 2.39. The predicted molar refractivity (Wildman–Crippen MR) is 97.8 cm³/mol. The van der Waals surface area contributed by atoms with E-state index in [1.165, 1.54) is 57.2 Å². The van der Waals surface area contributed by atoms with E-state index < -0.39 is 0 Å². The predicted octanol–water partition coefficient (Wildman–Crippen LogP) is 3.40. The third-order valence-electron chi connectivity index (χ3n) is 6.91. The van der Waals surface area contributed by atoms with Crippen LogP contribution >= 0.6 is 0 Å². The lowest BCUT2D eigenvalue weighted by molar-refractivity contribution is 0.0180. The number of piperidine rings is 1. The minimum Gasteiger partial charge on any atom is -0.393 e. The average Bonchev–Trinajstić information content (AvgIpc) is 2.61. The van der Waals surface area contributed by atoms with Gasteiger partial charge in [0, 0.05) is 12.1 Å². The minimum absolute atomic E-state index is 0.0765. The van der Waals surface area contributed by atoms with Crippen LogP contribution in [0.15, 0.2) is 30.3 Å². The van der Waals surface area contributed by atoms with Gasteiger partial charge in [0.15, 0.2) is 0 Å². The van der Waals surface area contributed by atoms with Gasteiger partial charge in [0.1, 0.15) is 0 Å². The first-order valence-electron chi connectivity index (χ1n) is 9.94. The molecule has 1 atom stereocenters. The molecule has 1 saturated heterocycles. The Bertz CT molecular complexity index is 510. The standard InChI is InChI=1S/C21H32N2O/c24-19-14-17(15-19)20(16-4-2-1-3-5-16)23-18-6-8-21(9-7-18)10-12-22-13-11-21/h1-5,17-20,22-24H,6-15H2/t17?,19?,20-/m1/s1. The fourth-order valence-corrected chi connectivity index (χ4v) is 5.17. The maximum atomic E-state index is 9.75. The number of hydrogen-bond donors (Lipinski definition) is 3. The summed E-state index contributed by atoms with van der Waals surface area (Å²) < 4.78 is 0. The zero-order chi connectivity index (χ0) is 16.4. The lowest BCUT2D eigenvalue weighted by Gasteiger charge is -2.46. The van der Waals surface area contributed by atoms with Crippen LogP contribution in [0.2, 0.25) is 0 Å². The van der Waals surface area contributed by atoms with Gasteiger partial charge >= 0.3 is 0 Å². The zero-order valence-corrected chi connectivity index (χ0v) is 14.7. The van der Waals surface area contributed by atoms with E-state index in [2.05, 4.69) is 41.0 Å². The van der Waals surface area contributed by atoms with E-state index in [4.69, 9.17) is 0 Å². The van der Waals surface area contributed by atoms with E-state index in [1.807, 2.05) is 0 Å². The lowest BCUT2D eigenvalue weighted by atomic mass is 9.67. The van der Waals surface area contributed by atoms with Crippen LogP contribution in [0.25, 0.3) is 0 Å². The largest absolute Gasteiger partial charge is 0.393 e. The van der Waals surface area contributed by atoms with Crippen LogP contribution < -0.4 is 10.6 Å². The number of rotatable bonds is 4. The first-order chi connectivity index (χ1) is 11.7. The van der Waals surface area contributed by atoms with Crippen molar-refractivity contribution in [2.24, 2.45) is 11.3 Å². The summed E-state index contributed by atoms with van der Waals surface area (Å²) in [6.07, 6.45) is 9.99. The molecule has 0 bridgehead atoms. The smallest absolute Gasteiger partial charge is 0.0547 e. The molecule has 4 rings (SSSR count). The van der Waals surface area contributed by atoms with Crippen LogP contribution in [0.4, 0.5) is 0 Å². The van der Waals surface area contributed by atoms with Crippen molar-refractivity contribution in [3.8, 4) is 0 Å². The van der Waals surface area contributed by atoms with Gasteiger partial charge in [-0.2, -0.15) is 0 Å². The molecule has 0 radical (unpaired) electrons. The lowest BCUT2D eigenvalue weighted by Crippen LogP contribution is -2.47. The highest BCUT2D eigenvalue weighted by molar-refractivity contribution is 5.21. The summed E-state index contributed by atoms with van der Waals surface area (Å²) in [5.74, 6) is 0.595. The molecule has 1 heterocycles. The van der Waals surface area contributed by atoms with Crippen LogP contribution in [-0.2, 0) is 0 Å². The van der Waals surface area contributed by atoms with E-state index in [9.17, 15) is 5.11 Å². The monoisotopic (exact) mass is 328 g/mol. The van der Waals surface area contributed by atoms with Gasteiger partial charge < -0.3 is 15.7 Å². The summed E-state index contributed by atoms with van der Waals surface area (Å²) in [4.78, 5) is 0. The molecule has 3 heteroatoms. The van der Waals surface area contributed by atoms with E-state index in [-0.39, 0.29) is 6.10 Å². The molecule has 3 aliphatic rings. The Morgan fingerprint density at radius 1 is 1.00 bits per heavy atom. The Morgan fingerprint density at radius 2 is 1.67 bits per heavy atom. The average molecular weight is 328 g/mol. The Balaban J connectivity index is 1.38. The van der Waals surface area contributed by atoms with Crippen LogP contribution in [-0.4, -0.2) is 30.3 Å². The molecule has 3 nitrogen and oxygen atoms in total. The summed E-state index contributed by atoms with van der Waals surface area (Å²) in [5.41, 5.74) is 2.04. The molecular weight excluding hydrogens is 296 g/mol. The highest BCUT2D eigenvalue weighted by atomic mass is 16.3. The number of aliphatic hydroxyl groups excluding tert-OH is 1. The summed E-state index contributed by atoms with van der Waals surface area (Å²) in [7, 11) is 0. The highest BCUT2D eigenvalue weighted by Crippen LogP contribution is 2.45. The number of hydrogen-bond acceptors (Lipinski definition) is 3. The Labute approximate surface area is 146 Å². The van der Waals surface area contributed by atoms with Gasteiger partial charge in [-0.25, -0.2) is 0 Å². The summed E-state index contributed by atoms with van der Waals surface area (Å²) >= 11 is 0. The fraction of sp³-hybridized carbons (Fsp3) is 0.714. The molecule has 0 aromatic heterocycles. The van der Waals surface area contributed by atoms with E-state index in [1.54, 1.807) is 0 Å². The van der Waals surface area contributed by atoms with Crippen molar-refractivity contribution in [1.29, 1.82) is 0 Å². The van der Waals surface area contributed by atoms with Gasteiger partial charge in [-0.05, 0) is 81.4 Å². The topological polar surface area (TPSA) is 44.3 Å². The summed E-state index contributed by atoms with van der Waals surface area (Å²) in [5, 5.41) is 17.3. The van der Waals surface area contributed by atoms with Gasteiger partial charge in [-0.3, -0.25) is 0 Å². The van der Waals surface area contributed by atoms with E-state index >= 15 is 0 Å². The molecule has 132 valence electrons. The Hall–Kier alpha value is -0.900. The van der Waals surface area contributed by atoms with Crippen LogP contribution in [0.5, 0.6) is 0 Å². The van der Waals surface area contributed by atoms with Gasteiger partial charge in [0.05, 0.1) is 6.10 Å². The molecule has 1 aromatic carbocycles. The van der Waals surface area contributed by atoms with Crippen LogP contribution in [0.1, 0.15) is 63.0 Å². The van der Waals surface area contributed by atoms with Gasteiger partial charge in [-0.15, -0.1) is 0 Å². The van der Waals surface area contributed by atoms with Crippen molar-refractivity contribution >= 4 is 0 Å².